The minimum absolute atomic E-state index is 0.532. The molecule has 1 aromatic carbocycles. The van der Waals surface area contributed by atoms with E-state index in [9.17, 15) is 0 Å². The first-order chi connectivity index (χ1) is 10.0. The predicted octanol–water partition coefficient (Wildman–Crippen LogP) is 5.50. The van der Waals surface area contributed by atoms with Crippen molar-refractivity contribution in [2.24, 2.45) is 5.41 Å². The Balaban J connectivity index is 1.63. The zero-order chi connectivity index (χ0) is 14.9. The summed E-state index contributed by atoms with van der Waals surface area (Å²) in [4.78, 5) is 4.54. The molecule has 0 bridgehead atoms. The molecule has 0 saturated heterocycles. The summed E-state index contributed by atoms with van der Waals surface area (Å²) in [5.74, 6) is 0. The number of hydrogen-bond donors (Lipinski definition) is 1. The molecule has 1 fully saturated rings. The van der Waals surface area contributed by atoms with E-state index in [2.05, 4.69) is 60.7 Å². The van der Waals surface area contributed by atoms with E-state index < -0.39 is 0 Å². The summed E-state index contributed by atoms with van der Waals surface area (Å²) in [5, 5.41) is 6.93. The van der Waals surface area contributed by atoms with E-state index in [4.69, 9.17) is 0 Å². The minimum atomic E-state index is 0.532. The normalized spacial score (nSPS) is 18.6. The van der Waals surface area contributed by atoms with E-state index in [0.717, 1.165) is 10.7 Å². The summed E-state index contributed by atoms with van der Waals surface area (Å²) >= 11 is 1.70. The summed E-state index contributed by atoms with van der Waals surface area (Å²) < 4.78 is 0. The molecule has 1 saturated carbocycles. The van der Waals surface area contributed by atoms with Crippen LogP contribution >= 0.6 is 11.3 Å². The number of benzene rings is 1. The van der Waals surface area contributed by atoms with Crippen molar-refractivity contribution < 1.29 is 0 Å². The molecule has 0 aliphatic heterocycles. The molecule has 2 nitrogen and oxygen atoms in total. The van der Waals surface area contributed by atoms with Crippen molar-refractivity contribution >= 4 is 17.0 Å². The van der Waals surface area contributed by atoms with Crippen LogP contribution in [0.3, 0.4) is 0 Å². The Labute approximate surface area is 131 Å². The molecule has 21 heavy (non-hydrogen) atoms. The predicted molar refractivity (Wildman–Crippen MR) is 91.9 cm³/mol. The fraction of sp³-hybridized carbons (Fsp3) is 0.500. The Bertz CT molecular complexity index is 588. The molecule has 1 N–H and O–H groups in total. The summed E-state index contributed by atoms with van der Waals surface area (Å²) in [6.07, 6.45) is 5.20. The molecule has 1 aliphatic carbocycles. The number of hydrogen-bond acceptors (Lipinski definition) is 3. The molecular formula is C18H24N2S. The number of aryl methyl sites for hydroxylation is 1. The summed E-state index contributed by atoms with van der Waals surface area (Å²) in [7, 11) is 0. The highest BCUT2D eigenvalue weighted by molar-refractivity contribution is 7.09. The molecule has 3 rings (SSSR count). The topological polar surface area (TPSA) is 24.9 Å². The van der Waals surface area contributed by atoms with Crippen LogP contribution in [0.4, 0.5) is 5.69 Å². The Morgan fingerprint density at radius 1 is 1.14 bits per heavy atom. The zero-order valence-corrected chi connectivity index (χ0v) is 14.0. The van der Waals surface area contributed by atoms with Gasteiger partial charge in [-0.15, -0.1) is 11.3 Å². The second kappa shape index (κ2) is 5.80. The van der Waals surface area contributed by atoms with Crippen LogP contribution < -0.4 is 5.32 Å². The Morgan fingerprint density at radius 2 is 1.81 bits per heavy atom. The molecule has 0 atom stereocenters. The summed E-state index contributed by atoms with van der Waals surface area (Å²) in [6, 6.07) is 9.34. The summed E-state index contributed by atoms with van der Waals surface area (Å²) in [6.45, 7) is 6.82. The molecule has 0 spiro atoms. The van der Waals surface area contributed by atoms with E-state index in [1.54, 1.807) is 11.3 Å². The molecule has 1 aromatic heterocycles. The number of anilines is 1. The molecular weight excluding hydrogens is 276 g/mol. The van der Waals surface area contributed by atoms with Gasteiger partial charge in [0, 0.05) is 22.7 Å². The van der Waals surface area contributed by atoms with Gasteiger partial charge in [-0.3, -0.25) is 0 Å². The molecule has 112 valence electrons. The van der Waals surface area contributed by atoms with Crippen molar-refractivity contribution in [3.63, 3.8) is 0 Å². The molecule has 0 radical (unpaired) electrons. The highest BCUT2D eigenvalue weighted by Gasteiger charge is 2.26. The van der Waals surface area contributed by atoms with Crippen LogP contribution in [-0.2, 0) is 0 Å². The van der Waals surface area contributed by atoms with Gasteiger partial charge in [0.25, 0.3) is 0 Å². The van der Waals surface area contributed by atoms with Gasteiger partial charge < -0.3 is 5.32 Å². The minimum Gasteiger partial charge on any atom is -0.382 e. The average molecular weight is 300 g/mol. The second-order valence-corrected chi connectivity index (χ2v) is 7.97. The smallest absolute Gasteiger partial charge is 0.0901 e. The van der Waals surface area contributed by atoms with Crippen molar-refractivity contribution in [2.75, 3.05) is 5.32 Å². The molecule has 0 amide bonds. The Morgan fingerprint density at radius 3 is 2.38 bits per heavy atom. The van der Waals surface area contributed by atoms with E-state index in [0.29, 0.717) is 11.5 Å². The van der Waals surface area contributed by atoms with Gasteiger partial charge in [-0.25, -0.2) is 4.98 Å². The third-order valence-electron chi connectivity index (χ3n) is 4.51. The fourth-order valence-corrected chi connectivity index (χ4v) is 3.63. The molecule has 1 heterocycles. The maximum Gasteiger partial charge on any atom is 0.0901 e. The van der Waals surface area contributed by atoms with Crippen molar-refractivity contribution in [2.45, 2.75) is 52.5 Å². The largest absolute Gasteiger partial charge is 0.382 e. The first-order valence-corrected chi connectivity index (χ1v) is 8.69. The fourth-order valence-electron chi connectivity index (χ4n) is 3.01. The lowest BCUT2D eigenvalue weighted by molar-refractivity contribution is 0.232. The first kappa shape index (κ1) is 14.6. The Hall–Kier alpha value is -1.35. The van der Waals surface area contributed by atoms with E-state index in [1.807, 2.05) is 0 Å². The third kappa shape index (κ3) is 3.65. The van der Waals surface area contributed by atoms with Gasteiger partial charge in [-0.1, -0.05) is 26.0 Å². The van der Waals surface area contributed by atoms with Crippen LogP contribution in [0.2, 0.25) is 0 Å². The maximum absolute atomic E-state index is 4.54. The van der Waals surface area contributed by atoms with Crippen molar-refractivity contribution in [3.05, 3.63) is 34.7 Å². The number of rotatable bonds is 3. The van der Waals surface area contributed by atoms with Gasteiger partial charge in [-0.2, -0.15) is 0 Å². The maximum atomic E-state index is 4.54. The number of thiazole rings is 1. The molecule has 0 unspecified atom stereocenters. The van der Waals surface area contributed by atoms with Crippen LogP contribution in [0.1, 0.15) is 44.5 Å². The van der Waals surface area contributed by atoms with Crippen molar-refractivity contribution in [1.82, 2.24) is 4.98 Å². The first-order valence-electron chi connectivity index (χ1n) is 7.81. The lowest BCUT2D eigenvalue weighted by Gasteiger charge is -2.35. The standard InChI is InChI=1S/C18H24N2S/c1-13-19-17(12-21-13)14-4-6-15(7-5-14)20-16-8-10-18(2,3)11-9-16/h4-7,12,16,20H,8-11H2,1-3H3. The highest BCUT2D eigenvalue weighted by atomic mass is 32.1. The monoisotopic (exact) mass is 300 g/mol. The lowest BCUT2D eigenvalue weighted by Crippen LogP contribution is -2.29. The van der Waals surface area contributed by atoms with Crippen LogP contribution in [0.15, 0.2) is 29.6 Å². The van der Waals surface area contributed by atoms with Gasteiger partial charge in [0.05, 0.1) is 10.7 Å². The second-order valence-electron chi connectivity index (χ2n) is 6.91. The van der Waals surface area contributed by atoms with Gasteiger partial charge in [0.15, 0.2) is 0 Å². The number of aromatic nitrogens is 1. The Kier molecular flexibility index (Phi) is 4.03. The zero-order valence-electron chi connectivity index (χ0n) is 13.1. The highest BCUT2D eigenvalue weighted by Crippen LogP contribution is 2.36. The quantitative estimate of drug-likeness (QED) is 0.809. The van der Waals surface area contributed by atoms with Crippen LogP contribution in [0.5, 0.6) is 0 Å². The third-order valence-corrected chi connectivity index (χ3v) is 5.28. The van der Waals surface area contributed by atoms with E-state index in [-0.39, 0.29) is 0 Å². The van der Waals surface area contributed by atoms with Crippen LogP contribution in [0, 0.1) is 12.3 Å². The number of nitrogens with zero attached hydrogens (tertiary/aromatic N) is 1. The van der Waals surface area contributed by atoms with Gasteiger partial charge in [-0.05, 0) is 50.2 Å². The van der Waals surface area contributed by atoms with E-state index >= 15 is 0 Å². The van der Waals surface area contributed by atoms with Crippen LogP contribution in [0.25, 0.3) is 11.3 Å². The van der Waals surface area contributed by atoms with Crippen molar-refractivity contribution in [1.29, 1.82) is 0 Å². The van der Waals surface area contributed by atoms with Gasteiger partial charge in [0.2, 0.25) is 0 Å². The lowest BCUT2D eigenvalue weighted by atomic mass is 9.75. The molecule has 1 aliphatic rings. The van der Waals surface area contributed by atoms with Gasteiger partial charge in [0.1, 0.15) is 0 Å². The molecule has 2 aromatic rings. The van der Waals surface area contributed by atoms with Crippen LogP contribution in [-0.4, -0.2) is 11.0 Å². The number of nitrogens with one attached hydrogen (secondary N) is 1. The average Bonchev–Trinajstić information content (AvgIpc) is 2.89. The van der Waals surface area contributed by atoms with Gasteiger partial charge >= 0.3 is 0 Å². The SMILES string of the molecule is Cc1nc(-c2ccc(NC3CCC(C)(C)CC3)cc2)cs1. The summed E-state index contributed by atoms with van der Waals surface area (Å²) in [5.41, 5.74) is 4.05. The van der Waals surface area contributed by atoms with E-state index in [1.165, 1.54) is 36.9 Å². The van der Waals surface area contributed by atoms with Crippen molar-refractivity contribution in [3.8, 4) is 11.3 Å². The molecule has 3 heteroatoms.